The molecule has 4 heteroatoms. The predicted octanol–water partition coefficient (Wildman–Crippen LogP) is 3.45. The topological polar surface area (TPSA) is 58.2 Å². The molecule has 0 saturated heterocycles. The Bertz CT molecular complexity index is 624. The van der Waals surface area contributed by atoms with Crippen LogP contribution in [0.1, 0.15) is 29.3 Å². The van der Waals surface area contributed by atoms with E-state index in [0.717, 1.165) is 6.42 Å². The van der Waals surface area contributed by atoms with Crippen molar-refractivity contribution in [1.82, 2.24) is 5.32 Å². The van der Waals surface area contributed by atoms with Gasteiger partial charge in [-0.2, -0.15) is 0 Å². The molecule has 2 N–H and O–H groups in total. The van der Waals surface area contributed by atoms with Gasteiger partial charge in [-0.1, -0.05) is 49.4 Å². The Hall–Kier alpha value is -2.62. The van der Waals surface area contributed by atoms with Crippen molar-refractivity contribution in [2.45, 2.75) is 13.3 Å². The Balaban J connectivity index is 2.21. The molecular weight excluding hydrogens is 264 g/mol. The largest absolute Gasteiger partial charge is 0.338 e. The fourth-order valence-corrected chi connectivity index (χ4v) is 1.94. The minimum atomic E-state index is -0.301. The molecule has 0 heterocycles. The summed E-state index contributed by atoms with van der Waals surface area (Å²) in [5.41, 5.74) is 1.59. The lowest BCUT2D eigenvalue weighted by atomic mass is 10.0. The summed E-state index contributed by atoms with van der Waals surface area (Å²) >= 11 is 0. The number of para-hydroxylation sites is 1. The molecule has 0 aliphatic rings. The van der Waals surface area contributed by atoms with Crippen molar-refractivity contribution in [2.24, 2.45) is 0 Å². The van der Waals surface area contributed by atoms with Crippen LogP contribution in [0.25, 0.3) is 0 Å². The van der Waals surface area contributed by atoms with Crippen LogP contribution in [-0.4, -0.2) is 18.4 Å². The van der Waals surface area contributed by atoms with Crippen molar-refractivity contribution < 1.29 is 9.59 Å². The van der Waals surface area contributed by atoms with Gasteiger partial charge in [0, 0.05) is 17.7 Å². The lowest BCUT2D eigenvalue weighted by molar-refractivity contribution is 0.103. The van der Waals surface area contributed by atoms with Crippen LogP contribution < -0.4 is 10.6 Å². The quantitative estimate of drug-likeness (QED) is 0.825. The van der Waals surface area contributed by atoms with Crippen LogP contribution in [-0.2, 0) is 0 Å². The van der Waals surface area contributed by atoms with E-state index in [1.165, 1.54) is 0 Å². The van der Waals surface area contributed by atoms with E-state index in [2.05, 4.69) is 10.6 Å². The molecule has 0 aliphatic carbocycles. The fraction of sp³-hybridized carbons (Fsp3) is 0.176. The monoisotopic (exact) mass is 282 g/mol. The number of rotatable bonds is 5. The molecule has 108 valence electrons. The zero-order valence-corrected chi connectivity index (χ0v) is 11.9. The van der Waals surface area contributed by atoms with Crippen LogP contribution in [0.2, 0.25) is 0 Å². The van der Waals surface area contributed by atoms with Crippen molar-refractivity contribution in [3.05, 3.63) is 65.7 Å². The van der Waals surface area contributed by atoms with Crippen LogP contribution in [0, 0.1) is 0 Å². The zero-order chi connectivity index (χ0) is 15.1. The minimum Gasteiger partial charge on any atom is -0.338 e. The third-order valence-electron chi connectivity index (χ3n) is 2.99. The second-order valence-corrected chi connectivity index (χ2v) is 4.62. The Morgan fingerprint density at radius 3 is 2.33 bits per heavy atom. The maximum atomic E-state index is 12.5. The molecular formula is C17H18N2O2. The second kappa shape index (κ2) is 7.24. The second-order valence-electron chi connectivity index (χ2n) is 4.62. The molecule has 2 rings (SSSR count). The van der Waals surface area contributed by atoms with E-state index in [9.17, 15) is 9.59 Å². The first-order chi connectivity index (χ1) is 10.2. The number of anilines is 1. The van der Waals surface area contributed by atoms with E-state index < -0.39 is 0 Å². The molecule has 2 amide bonds. The number of hydrogen-bond donors (Lipinski definition) is 2. The molecule has 4 nitrogen and oxygen atoms in total. The van der Waals surface area contributed by atoms with E-state index in [-0.39, 0.29) is 11.8 Å². The van der Waals surface area contributed by atoms with Gasteiger partial charge in [0.1, 0.15) is 0 Å². The molecule has 0 unspecified atom stereocenters. The van der Waals surface area contributed by atoms with Gasteiger partial charge in [-0.25, -0.2) is 4.79 Å². The zero-order valence-electron chi connectivity index (χ0n) is 11.9. The van der Waals surface area contributed by atoms with Crippen LogP contribution in [0.15, 0.2) is 54.6 Å². The third kappa shape index (κ3) is 3.92. The highest BCUT2D eigenvalue weighted by molar-refractivity contribution is 6.13. The molecule has 0 radical (unpaired) electrons. The van der Waals surface area contributed by atoms with Crippen LogP contribution in [0.3, 0.4) is 0 Å². The summed E-state index contributed by atoms with van der Waals surface area (Å²) < 4.78 is 0. The van der Waals surface area contributed by atoms with Gasteiger partial charge in [-0.3, -0.25) is 4.79 Å². The summed E-state index contributed by atoms with van der Waals surface area (Å²) in [4.78, 5) is 24.2. The average Bonchev–Trinajstić information content (AvgIpc) is 2.53. The number of carbonyl (C=O) groups is 2. The molecule has 0 atom stereocenters. The van der Waals surface area contributed by atoms with E-state index in [0.29, 0.717) is 23.4 Å². The highest BCUT2D eigenvalue weighted by atomic mass is 16.2. The van der Waals surface area contributed by atoms with Gasteiger partial charge in [0.25, 0.3) is 0 Å². The highest BCUT2D eigenvalue weighted by Gasteiger charge is 2.14. The minimum absolute atomic E-state index is 0.109. The van der Waals surface area contributed by atoms with Crippen LogP contribution in [0.5, 0.6) is 0 Å². The number of nitrogens with one attached hydrogen (secondary N) is 2. The summed E-state index contributed by atoms with van der Waals surface area (Å²) in [5, 5.41) is 5.45. The summed E-state index contributed by atoms with van der Waals surface area (Å²) in [7, 11) is 0. The smallest absolute Gasteiger partial charge is 0.319 e. The number of ketones is 1. The number of amides is 2. The van der Waals surface area contributed by atoms with Gasteiger partial charge in [0.2, 0.25) is 0 Å². The first-order valence-corrected chi connectivity index (χ1v) is 6.96. The molecule has 0 fully saturated rings. The Labute approximate surface area is 124 Å². The number of hydrogen-bond acceptors (Lipinski definition) is 2. The normalized spacial score (nSPS) is 9.95. The van der Waals surface area contributed by atoms with E-state index in [1.807, 2.05) is 25.1 Å². The third-order valence-corrected chi connectivity index (χ3v) is 2.99. The lowest BCUT2D eigenvalue weighted by Gasteiger charge is -2.11. The summed E-state index contributed by atoms with van der Waals surface area (Å²) in [6, 6.07) is 15.7. The molecule has 0 spiro atoms. The van der Waals surface area contributed by atoms with Crippen LogP contribution in [0.4, 0.5) is 10.5 Å². The van der Waals surface area contributed by atoms with Gasteiger partial charge >= 0.3 is 6.03 Å². The first kappa shape index (κ1) is 14.8. The fourth-order valence-electron chi connectivity index (χ4n) is 1.94. The summed E-state index contributed by atoms with van der Waals surface area (Å²) in [5.74, 6) is -0.109. The Morgan fingerprint density at radius 2 is 1.62 bits per heavy atom. The maximum absolute atomic E-state index is 12.5. The standard InChI is InChI=1S/C17H18N2O2/c1-2-12-18-17(21)19-15-11-7-6-10-14(15)16(20)13-8-4-3-5-9-13/h3-11H,2,12H2,1H3,(H2,18,19,21). The lowest BCUT2D eigenvalue weighted by Crippen LogP contribution is -2.29. The summed E-state index contributed by atoms with van der Waals surface area (Å²) in [6.07, 6.45) is 0.859. The number of benzene rings is 2. The Kier molecular flexibility index (Phi) is 5.10. The number of carbonyl (C=O) groups excluding carboxylic acids is 2. The molecule has 0 saturated carbocycles. The van der Waals surface area contributed by atoms with Crippen molar-refractivity contribution in [2.75, 3.05) is 11.9 Å². The van der Waals surface area contributed by atoms with E-state index in [1.54, 1.807) is 36.4 Å². The molecule has 0 aromatic heterocycles. The van der Waals surface area contributed by atoms with Crippen LogP contribution >= 0.6 is 0 Å². The van der Waals surface area contributed by atoms with Crippen molar-refractivity contribution >= 4 is 17.5 Å². The molecule has 0 bridgehead atoms. The van der Waals surface area contributed by atoms with Gasteiger partial charge in [-0.05, 0) is 18.6 Å². The molecule has 0 aliphatic heterocycles. The van der Waals surface area contributed by atoms with Crippen molar-refractivity contribution in [1.29, 1.82) is 0 Å². The predicted molar refractivity (Wildman–Crippen MR) is 83.6 cm³/mol. The van der Waals surface area contributed by atoms with Crippen molar-refractivity contribution in [3.8, 4) is 0 Å². The number of urea groups is 1. The Morgan fingerprint density at radius 1 is 0.952 bits per heavy atom. The molecule has 2 aromatic carbocycles. The molecule has 2 aromatic rings. The van der Waals surface area contributed by atoms with E-state index >= 15 is 0 Å². The van der Waals surface area contributed by atoms with Crippen molar-refractivity contribution in [3.63, 3.8) is 0 Å². The van der Waals surface area contributed by atoms with Gasteiger partial charge in [-0.15, -0.1) is 0 Å². The van der Waals surface area contributed by atoms with E-state index in [4.69, 9.17) is 0 Å². The van der Waals surface area contributed by atoms with Gasteiger partial charge in [0.05, 0.1) is 5.69 Å². The molecule has 21 heavy (non-hydrogen) atoms. The highest BCUT2D eigenvalue weighted by Crippen LogP contribution is 2.19. The average molecular weight is 282 g/mol. The van der Waals surface area contributed by atoms with Gasteiger partial charge < -0.3 is 10.6 Å². The first-order valence-electron chi connectivity index (χ1n) is 6.96. The SMILES string of the molecule is CCCNC(=O)Nc1ccccc1C(=O)c1ccccc1. The maximum Gasteiger partial charge on any atom is 0.319 e. The van der Waals surface area contributed by atoms with Gasteiger partial charge in [0.15, 0.2) is 5.78 Å². The summed E-state index contributed by atoms with van der Waals surface area (Å²) in [6.45, 7) is 2.58.